The number of H-pyrrole nitrogens is 1. The molecule has 0 bridgehead atoms. The summed E-state index contributed by atoms with van der Waals surface area (Å²) in [6, 6.07) is 12.0. The molecule has 21 heavy (non-hydrogen) atoms. The second-order valence-corrected chi connectivity index (χ2v) is 5.90. The molecular weight excluding hydrogens is 328 g/mol. The van der Waals surface area contributed by atoms with Crippen LogP contribution >= 0.6 is 15.9 Å². The fourth-order valence-corrected chi connectivity index (χ4v) is 2.86. The van der Waals surface area contributed by atoms with Crippen LogP contribution in [0.5, 0.6) is 0 Å². The Labute approximate surface area is 132 Å². The Morgan fingerprint density at radius 1 is 1.14 bits per heavy atom. The first-order valence-corrected chi connectivity index (χ1v) is 7.89. The number of aromatic nitrogens is 2. The maximum absolute atomic E-state index is 5.96. The lowest BCUT2D eigenvalue weighted by Gasteiger charge is -1.99. The molecule has 2 aromatic heterocycles. The van der Waals surface area contributed by atoms with Crippen LogP contribution in [-0.4, -0.2) is 9.97 Å². The SMILES string of the molecule is CCCc1[nH]c(-c2ccc(-c3ccccc3Br)o2)nc1C. The van der Waals surface area contributed by atoms with Crippen molar-refractivity contribution in [1.82, 2.24) is 9.97 Å². The van der Waals surface area contributed by atoms with Crippen LogP contribution in [0.25, 0.3) is 22.9 Å². The number of halogens is 1. The van der Waals surface area contributed by atoms with Gasteiger partial charge < -0.3 is 9.40 Å². The second kappa shape index (κ2) is 5.90. The Bertz CT molecular complexity index is 758. The van der Waals surface area contributed by atoms with Crippen LogP contribution in [0, 0.1) is 6.92 Å². The number of rotatable bonds is 4. The van der Waals surface area contributed by atoms with Crippen molar-refractivity contribution in [2.75, 3.05) is 0 Å². The number of hydrogen-bond donors (Lipinski definition) is 1. The number of aromatic amines is 1. The molecule has 0 spiro atoms. The van der Waals surface area contributed by atoms with E-state index in [0.29, 0.717) is 0 Å². The van der Waals surface area contributed by atoms with Gasteiger partial charge in [-0.2, -0.15) is 0 Å². The minimum Gasteiger partial charge on any atom is -0.453 e. The summed E-state index contributed by atoms with van der Waals surface area (Å²) < 4.78 is 6.98. The highest BCUT2D eigenvalue weighted by molar-refractivity contribution is 9.10. The fraction of sp³-hybridized carbons (Fsp3) is 0.235. The van der Waals surface area contributed by atoms with Crippen molar-refractivity contribution < 1.29 is 4.42 Å². The van der Waals surface area contributed by atoms with E-state index in [9.17, 15) is 0 Å². The molecule has 3 nitrogen and oxygen atoms in total. The monoisotopic (exact) mass is 344 g/mol. The topological polar surface area (TPSA) is 41.8 Å². The Morgan fingerprint density at radius 3 is 2.67 bits per heavy atom. The Hall–Kier alpha value is -1.81. The van der Waals surface area contributed by atoms with E-state index in [1.165, 1.54) is 5.69 Å². The molecule has 0 radical (unpaired) electrons. The zero-order valence-electron chi connectivity index (χ0n) is 12.1. The first-order chi connectivity index (χ1) is 10.2. The average Bonchev–Trinajstić information content (AvgIpc) is 3.08. The van der Waals surface area contributed by atoms with Crippen molar-refractivity contribution in [3.8, 4) is 22.9 Å². The highest BCUT2D eigenvalue weighted by Crippen LogP contribution is 2.32. The van der Waals surface area contributed by atoms with Crippen molar-refractivity contribution in [2.24, 2.45) is 0 Å². The number of hydrogen-bond acceptors (Lipinski definition) is 2. The zero-order valence-corrected chi connectivity index (χ0v) is 13.7. The smallest absolute Gasteiger partial charge is 0.174 e. The van der Waals surface area contributed by atoms with Crippen LogP contribution in [0.15, 0.2) is 45.3 Å². The molecule has 0 aliphatic rings. The van der Waals surface area contributed by atoms with E-state index >= 15 is 0 Å². The minimum absolute atomic E-state index is 0.770. The molecule has 3 aromatic rings. The van der Waals surface area contributed by atoms with Gasteiger partial charge in [0.05, 0.1) is 5.69 Å². The molecular formula is C17H17BrN2O. The van der Waals surface area contributed by atoms with Crippen molar-refractivity contribution in [3.05, 3.63) is 52.3 Å². The molecule has 2 heterocycles. The van der Waals surface area contributed by atoms with Crippen molar-refractivity contribution in [3.63, 3.8) is 0 Å². The molecule has 0 atom stereocenters. The summed E-state index contributed by atoms with van der Waals surface area (Å²) in [5, 5.41) is 0. The van der Waals surface area contributed by atoms with Gasteiger partial charge in [-0.3, -0.25) is 0 Å². The van der Waals surface area contributed by atoms with E-state index in [1.54, 1.807) is 0 Å². The third-order valence-electron chi connectivity index (χ3n) is 3.46. The molecule has 4 heteroatoms. The Balaban J connectivity index is 1.95. The summed E-state index contributed by atoms with van der Waals surface area (Å²) >= 11 is 3.55. The number of furan rings is 1. The summed E-state index contributed by atoms with van der Waals surface area (Å²) in [6.45, 7) is 4.19. The third-order valence-corrected chi connectivity index (χ3v) is 4.16. The normalized spacial score (nSPS) is 11.0. The number of imidazole rings is 1. The maximum Gasteiger partial charge on any atom is 0.174 e. The molecule has 0 aliphatic carbocycles. The molecule has 0 unspecified atom stereocenters. The summed E-state index contributed by atoms with van der Waals surface area (Å²) in [5.41, 5.74) is 3.28. The molecule has 0 amide bonds. The first kappa shape index (κ1) is 14.1. The predicted molar refractivity (Wildman–Crippen MR) is 88.2 cm³/mol. The van der Waals surface area contributed by atoms with E-state index in [4.69, 9.17) is 4.42 Å². The van der Waals surface area contributed by atoms with Crippen LogP contribution in [0.4, 0.5) is 0 Å². The standard InChI is InChI=1S/C17H17BrN2O/c1-3-6-14-11(2)19-17(20-14)16-10-9-15(21-16)12-7-4-5-8-13(12)18/h4-5,7-10H,3,6H2,1-2H3,(H,19,20). The van der Waals surface area contributed by atoms with Gasteiger partial charge in [0.25, 0.3) is 0 Å². The molecule has 1 aromatic carbocycles. The van der Waals surface area contributed by atoms with Crippen LogP contribution in [0.2, 0.25) is 0 Å². The lowest BCUT2D eigenvalue weighted by molar-refractivity contribution is 0.592. The highest BCUT2D eigenvalue weighted by Gasteiger charge is 2.13. The number of benzene rings is 1. The Kier molecular flexibility index (Phi) is 3.97. The van der Waals surface area contributed by atoms with E-state index < -0.39 is 0 Å². The van der Waals surface area contributed by atoms with Crippen LogP contribution < -0.4 is 0 Å². The van der Waals surface area contributed by atoms with Gasteiger partial charge in [0.15, 0.2) is 11.6 Å². The van der Waals surface area contributed by atoms with E-state index in [2.05, 4.69) is 32.8 Å². The van der Waals surface area contributed by atoms with Crippen molar-refractivity contribution in [1.29, 1.82) is 0 Å². The van der Waals surface area contributed by atoms with Gasteiger partial charge in [-0.15, -0.1) is 0 Å². The van der Waals surface area contributed by atoms with Crippen molar-refractivity contribution >= 4 is 15.9 Å². The van der Waals surface area contributed by atoms with Gasteiger partial charge in [-0.05, 0) is 31.5 Å². The minimum atomic E-state index is 0.770. The van der Waals surface area contributed by atoms with E-state index in [-0.39, 0.29) is 0 Å². The fourth-order valence-electron chi connectivity index (χ4n) is 2.38. The summed E-state index contributed by atoms with van der Waals surface area (Å²) in [5.74, 6) is 2.41. The molecule has 0 aliphatic heterocycles. The summed E-state index contributed by atoms with van der Waals surface area (Å²) in [7, 11) is 0. The first-order valence-electron chi connectivity index (χ1n) is 7.09. The van der Waals surface area contributed by atoms with Gasteiger partial charge in [0.1, 0.15) is 5.76 Å². The largest absolute Gasteiger partial charge is 0.453 e. The third kappa shape index (κ3) is 2.81. The van der Waals surface area contributed by atoms with Gasteiger partial charge in [-0.1, -0.05) is 47.5 Å². The number of nitrogens with zero attached hydrogens (tertiary/aromatic N) is 1. The Morgan fingerprint density at radius 2 is 1.90 bits per heavy atom. The van der Waals surface area contributed by atoms with E-state index in [0.717, 1.165) is 45.9 Å². The predicted octanol–water partition coefficient (Wildman–Crippen LogP) is 5.36. The summed E-state index contributed by atoms with van der Waals surface area (Å²) in [4.78, 5) is 7.93. The molecule has 1 N–H and O–H groups in total. The highest BCUT2D eigenvalue weighted by atomic mass is 79.9. The summed E-state index contributed by atoms with van der Waals surface area (Å²) in [6.07, 6.45) is 2.11. The van der Waals surface area contributed by atoms with Crippen LogP contribution in [-0.2, 0) is 6.42 Å². The van der Waals surface area contributed by atoms with Crippen LogP contribution in [0.3, 0.4) is 0 Å². The van der Waals surface area contributed by atoms with E-state index in [1.807, 2.05) is 43.3 Å². The van der Waals surface area contributed by atoms with Gasteiger partial charge in [0, 0.05) is 15.7 Å². The number of aryl methyl sites for hydroxylation is 2. The van der Waals surface area contributed by atoms with Gasteiger partial charge >= 0.3 is 0 Å². The quantitative estimate of drug-likeness (QED) is 0.692. The molecule has 108 valence electrons. The average molecular weight is 345 g/mol. The second-order valence-electron chi connectivity index (χ2n) is 5.04. The lowest BCUT2D eigenvalue weighted by Crippen LogP contribution is -1.85. The molecule has 3 rings (SSSR count). The zero-order chi connectivity index (χ0) is 14.8. The maximum atomic E-state index is 5.96. The lowest BCUT2D eigenvalue weighted by atomic mass is 10.2. The van der Waals surface area contributed by atoms with Crippen molar-refractivity contribution in [2.45, 2.75) is 26.7 Å². The van der Waals surface area contributed by atoms with Gasteiger partial charge in [-0.25, -0.2) is 4.98 Å². The van der Waals surface area contributed by atoms with Crippen LogP contribution in [0.1, 0.15) is 24.7 Å². The molecule has 0 saturated heterocycles. The number of nitrogens with one attached hydrogen (secondary N) is 1. The van der Waals surface area contributed by atoms with Gasteiger partial charge in [0.2, 0.25) is 0 Å². The molecule has 0 saturated carbocycles. The molecule has 0 fully saturated rings.